The lowest BCUT2D eigenvalue weighted by atomic mass is 9.76. The monoisotopic (exact) mass is 587 g/mol. The number of nitrogens with zero attached hydrogens (tertiary/aromatic N) is 6. The minimum Gasteiger partial charge on any atom is -0.389 e. The highest BCUT2D eigenvalue weighted by molar-refractivity contribution is 7.59. The Hall–Kier alpha value is -2.67. The number of anilines is 3. The number of likely N-dealkylation sites (N-methyl/N-ethyl adjacent to an activating group) is 1. The van der Waals surface area contributed by atoms with E-state index in [2.05, 4.69) is 20.3 Å². The van der Waals surface area contributed by atoms with E-state index in [0.29, 0.717) is 35.3 Å². The summed E-state index contributed by atoms with van der Waals surface area (Å²) in [5, 5.41) is 13.4. The van der Waals surface area contributed by atoms with Crippen molar-refractivity contribution in [1.82, 2.24) is 19.9 Å². The highest BCUT2D eigenvalue weighted by Crippen LogP contribution is 2.39. The standard InChI is InChI=1S/C25H34F3N7O2.2CH4.H2S/c1-13(2)21-23(36)33-20-14(3)31-18(32-22(20)34(21)6)9-15-7-16(8-15)35(12-24(4,5)37)19-11-29-17(10-30-19)25(26,27)28;;;/h10-11,13,15-16,21,37H,7-9,12H2,1-6H3,(H,33,36);2*1H4;1H2/t15?,16?,21-;;;/m0.../s1. The maximum atomic E-state index is 12.9. The lowest BCUT2D eigenvalue weighted by Gasteiger charge is -2.45. The zero-order chi connectivity index (χ0) is 27.3. The van der Waals surface area contributed by atoms with E-state index in [1.807, 2.05) is 37.6 Å². The number of hydrogen-bond acceptors (Lipinski definition) is 8. The summed E-state index contributed by atoms with van der Waals surface area (Å²) in [7, 11) is 1.87. The first-order chi connectivity index (χ1) is 17.1. The highest BCUT2D eigenvalue weighted by Gasteiger charge is 2.39. The van der Waals surface area contributed by atoms with E-state index in [-0.39, 0.29) is 64.7 Å². The largest absolute Gasteiger partial charge is 0.434 e. The predicted molar refractivity (Wildman–Crippen MR) is 157 cm³/mol. The number of halogens is 3. The minimum absolute atomic E-state index is 0. The second-order valence-electron chi connectivity index (χ2n) is 11.1. The molecular formula is C27H44F3N7O2S. The number of aryl methyl sites for hydroxylation is 1. The number of rotatable bonds is 7. The summed E-state index contributed by atoms with van der Waals surface area (Å²) in [6.45, 7) is 9.35. The highest BCUT2D eigenvalue weighted by atomic mass is 32.1. The van der Waals surface area contributed by atoms with Crippen LogP contribution in [-0.2, 0) is 17.4 Å². The molecule has 1 saturated carbocycles. The van der Waals surface area contributed by atoms with E-state index in [0.717, 1.165) is 25.2 Å². The average Bonchev–Trinajstić information content (AvgIpc) is 2.74. The van der Waals surface area contributed by atoms with E-state index in [9.17, 15) is 23.1 Å². The van der Waals surface area contributed by atoms with Gasteiger partial charge in [0.25, 0.3) is 0 Å². The maximum absolute atomic E-state index is 12.9. The maximum Gasteiger partial charge on any atom is 0.434 e. The molecule has 226 valence electrons. The van der Waals surface area contributed by atoms with Crippen molar-refractivity contribution in [2.75, 3.05) is 28.7 Å². The summed E-state index contributed by atoms with van der Waals surface area (Å²) >= 11 is 0. The number of aliphatic hydroxyl groups is 1. The van der Waals surface area contributed by atoms with Gasteiger partial charge in [0.15, 0.2) is 11.5 Å². The van der Waals surface area contributed by atoms with Crippen molar-refractivity contribution in [3.05, 3.63) is 29.6 Å². The SMILES string of the molecule is C.C.Cc1nc(CC2CC(N(CC(C)(C)O)c3cnc(C(F)(F)F)cn3)C2)nc2c1NC(=O)[C@H](C(C)C)N2C.S. The van der Waals surface area contributed by atoms with Gasteiger partial charge in [-0.05, 0) is 45.4 Å². The fourth-order valence-electron chi connectivity index (χ4n) is 5.17. The molecule has 0 saturated heterocycles. The van der Waals surface area contributed by atoms with Crippen LogP contribution < -0.4 is 15.1 Å². The van der Waals surface area contributed by atoms with Crippen molar-refractivity contribution >= 4 is 36.7 Å². The van der Waals surface area contributed by atoms with Crippen molar-refractivity contribution in [1.29, 1.82) is 0 Å². The zero-order valence-corrected chi connectivity index (χ0v) is 23.5. The molecule has 2 N–H and O–H groups in total. The third-order valence-electron chi connectivity index (χ3n) is 6.92. The van der Waals surface area contributed by atoms with Gasteiger partial charge in [0, 0.05) is 26.1 Å². The summed E-state index contributed by atoms with van der Waals surface area (Å²) in [5.41, 5.74) is -0.776. The summed E-state index contributed by atoms with van der Waals surface area (Å²) < 4.78 is 38.8. The van der Waals surface area contributed by atoms with E-state index in [4.69, 9.17) is 4.98 Å². The number of nitrogens with one attached hydrogen (secondary N) is 1. The summed E-state index contributed by atoms with van der Waals surface area (Å²) in [6.07, 6.45) is -0.584. The topological polar surface area (TPSA) is 107 Å². The zero-order valence-electron chi connectivity index (χ0n) is 22.5. The fourth-order valence-corrected chi connectivity index (χ4v) is 5.17. The normalized spacial score (nSPS) is 20.3. The molecule has 0 bridgehead atoms. The quantitative estimate of drug-likeness (QED) is 0.467. The molecule has 0 aromatic carbocycles. The molecule has 1 atom stereocenters. The second-order valence-corrected chi connectivity index (χ2v) is 11.1. The van der Waals surface area contributed by atoms with Gasteiger partial charge in [-0.2, -0.15) is 26.7 Å². The molecule has 3 heterocycles. The number of alkyl halides is 3. The van der Waals surface area contributed by atoms with Crippen molar-refractivity contribution in [3.63, 3.8) is 0 Å². The van der Waals surface area contributed by atoms with Gasteiger partial charge in [-0.1, -0.05) is 28.7 Å². The Morgan fingerprint density at radius 1 is 1.15 bits per heavy atom. The van der Waals surface area contributed by atoms with Crippen LogP contribution in [0.1, 0.15) is 72.6 Å². The number of amides is 1. The third-order valence-corrected chi connectivity index (χ3v) is 6.92. The van der Waals surface area contributed by atoms with Gasteiger partial charge in [-0.3, -0.25) is 4.79 Å². The molecule has 40 heavy (non-hydrogen) atoms. The van der Waals surface area contributed by atoms with Gasteiger partial charge < -0.3 is 20.2 Å². The van der Waals surface area contributed by atoms with E-state index in [1.54, 1.807) is 13.8 Å². The van der Waals surface area contributed by atoms with Crippen LogP contribution in [-0.4, -0.2) is 62.2 Å². The Balaban J connectivity index is 0.00000267. The second kappa shape index (κ2) is 12.9. The average molecular weight is 588 g/mol. The lowest BCUT2D eigenvalue weighted by Crippen LogP contribution is -2.51. The number of carbonyl (C=O) groups is 1. The molecule has 0 unspecified atom stereocenters. The Kier molecular flexibility index (Phi) is 11.4. The Labute approximate surface area is 242 Å². The van der Waals surface area contributed by atoms with Gasteiger partial charge in [-0.15, -0.1) is 0 Å². The smallest absolute Gasteiger partial charge is 0.389 e. The lowest BCUT2D eigenvalue weighted by molar-refractivity contribution is -0.141. The third kappa shape index (κ3) is 7.54. The number of hydrogen-bond donors (Lipinski definition) is 2. The molecule has 2 aromatic heterocycles. The molecule has 0 spiro atoms. The number of carbonyl (C=O) groups excluding carboxylic acids is 1. The molecule has 1 amide bonds. The van der Waals surface area contributed by atoms with Gasteiger partial charge in [0.05, 0.1) is 23.7 Å². The van der Waals surface area contributed by atoms with E-state index < -0.39 is 17.5 Å². The Morgan fingerprint density at radius 3 is 2.27 bits per heavy atom. The van der Waals surface area contributed by atoms with Crippen LogP contribution in [0.4, 0.5) is 30.5 Å². The fraction of sp³-hybridized carbons (Fsp3) is 0.667. The van der Waals surface area contributed by atoms with Gasteiger partial charge in [-0.25, -0.2) is 19.9 Å². The van der Waals surface area contributed by atoms with Crippen molar-refractivity contribution in [3.8, 4) is 0 Å². The first-order valence-corrected chi connectivity index (χ1v) is 12.4. The molecule has 2 aromatic rings. The molecule has 9 nitrogen and oxygen atoms in total. The van der Waals surface area contributed by atoms with Crippen molar-refractivity contribution in [2.45, 2.75) is 92.6 Å². The van der Waals surface area contributed by atoms with Gasteiger partial charge in [0.1, 0.15) is 23.4 Å². The van der Waals surface area contributed by atoms with Crippen LogP contribution >= 0.6 is 13.5 Å². The first kappa shape index (κ1) is 35.4. The molecule has 2 aliphatic rings. The summed E-state index contributed by atoms with van der Waals surface area (Å²) in [4.78, 5) is 33.3. The van der Waals surface area contributed by atoms with Crippen LogP contribution in [0, 0.1) is 18.8 Å². The Morgan fingerprint density at radius 2 is 1.77 bits per heavy atom. The molecule has 1 aliphatic heterocycles. The van der Waals surface area contributed by atoms with Gasteiger partial charge >= 0.3 is 6.18 Å². The van der Waals surface area contributed by atoms with E-state index >= 15 is 0 Å². The van der Waals surface area contributed by atoms with Crippen LogP contribution in [0.5, 0.6) is 0 Å². The van der Waals surface area contributed by atoms with Crippen LogP contribution in [0.25, 0.3) is 0 Å². The summed E-state index contributed by atoms with van der Waals surface area (Å²) in [5.74, 6) is 2.01. The first-order valence-electron chi connectivity index (χ1n) is 12.4. The van der Waals surface area contributed by atoms with Crippen molar-refractivity contribution < 1.29 is 23.1 Å². The molecular weight excluding hydrogens is 543 g/mol. The predicted octanol–water partition coefficient (Wildman–Crippen LogP) is 4.99. The Bertz CT molecular complexity index is 1150. The molecule has 4 rings (SSSR count). The van der Waals surface area contributed by atoms with Crippen LogP contribution in [0.3, 0.4) is 0 Å². The summed E-state index contributed by atoms with van der Waals surface area (Å²) in [6, 6.07) is -0.323. The number of aromatic nitrogens is 4. The minimum atomic E-state index is -4.56. The van der Waals surface area contributed by atoms with Crippen LogP contribution in [0.15, 0.2) is 12.4 Å². The number of fused-ring (bicyclic) bond motifs is 1. The molecule has 1 aliphatic carbocycles. The molecule has 0 radical (unpaired) electrons. The molecule has 13 heteroatoms. The van der Waals surface area contributed by atoms with E-state index in [1.165, 1.54) is 0 Å². The van der Waals surface area contributed by atoms with Crippen LogP contribution in [0.2, 0.25) is 0 Å². The molecule has 1 fully saturated rings. The van der Waals surface area contributed by atoms with Crippen molar-refractivity contribution in [2.24, 2.45) is 11.8 Å². The van der Waals surface area contributed by atoms with Gasteiger partial charge in [0.2, 0.25) is 5.91 Å².